The van der Waals surface area contributed by atoms with E-state index in [2.05, 4.69) is 32.9 Å². The van der Waals surface area contributed by atoms with E-state index in [1.165, 1.54) is 32.2 Å². The number of hydrogen-bond acceptors (Lipinski definition) is 4. The van der Waals surface area contributed by atoms with Gasteiger partial charge in [0.2, 0.25) is 5.95 Å². The first-order valence-electron chi connectivity index (χ1n) is 7.97. The van der Waals surface area contributed by atoms with Gasteiger partial charge in [0.1, 0.15) is 0 Å². The number of aryl methyl sites for hydroxylation is 1. The van der Waals surface area contributed by atoms with Gasteiger partial charge in [-0.2, -0.15) is 0 Å². The van der Waals surface area contributed by atoms with Gasteiger partial charge < -0.3 is 14.6 Å². The lowest BCUT2D eigenvalue weighted by atomic mass is 10.2. The number of hydrogen-bond donors (Lipinski definition) is 1. The van der Waals surface area contributed by atoms with Crippen LogP contribution in [0, 0.1) is 0 Å². The molecule has 0 aromatic carbocycles. The molecule has 0 bridgehead atoms. The number of imidazole rings is 1. The Balaban J connectivity index is 1.48. The van der Waals surface area contributed by atoms with E-state index in [1.54, 1.807) is 0 Å². The van der Waals surface area contributed by atoms with Gasteiger partial charge in [-0.15, -0.1) is 0 Å². The predicted molar refractivity (Wildman–Crippen MR) is 80.0 cm³/mol. The smallest absolute Gasteiger partial charge is 0.202 e. The summed E-state index contributed by atoms with van der Waals surface area (Å²) < 4.78 is 8.17. The minimum atomic E-state index is 0.292. The fourth-order valence-electron chi connectivity index (χ4n) is 3.20. The topological polar surface area (TPSA) is 42.3 Å². The molecule has 1 N–H and O–H groups in total. The third-order valence-electron chi connectivity index (χ3n) is 4.42. The number of rotatable bonds is 6. The van der Waals surface area contributed by atoms with Crippen LogP contribution in [0.15, 0.2) is 12.4 Å². The van der Waals surface area contributed by atoms with Crippen LogP contribution in [0.25, 0.3) is 0 Å². The van der Waals surface area contributed by atoms with E-state index in [4.69, 9.17) is 4.74 Å². The van der Waals surface area contributed by atoms with Gasteiger partial charge >= 0.3 is 0 Å². The molecule has 2 unspecified atom stereocenters. The zero-order chi connectivity index (χ0) is 13.8. The van der Waals surface area contributed by atoms with E-state index in [0.717, 1.165) is 32.2 Å². The molecule has 3 rings (SSSR count). The number of nitrogens with zero attached hydrogens (tertiary/aromatic N) is 3. The minimum Gasteiger partial charge on any atom is -0.373 e. The molecule has 5 nitrogen and oxygen atoms in total. The SMILES string of the molecule is CCCCn1ccnc1NCC1CN2CCCC2CO1. The summed E-state index contributed by atoms with van der Waals surface area (Å²) in [5.74, 6) is 0.977. The maximum atomic E-state index is 5.97. The highest BCUT2D eigenvalue weighted by Crippen LogP contribution is 2.22. The van der Waals surface area contributed by atoms with Gasteiger partial charge in [0.05, 0.1) is 12.7 Å². The number of morpholine rings is 1. The molecule has 0 spiro atoms. The van der Waals surface area contributed by atoms with Crippen molar-refractivity contribution < 1.29 is 4.74 Å². The molecule has 112 valence electrons. The average Bonchev–Trinajstić information content (AvgIpc) is 3.11. The molecule has 0 radical (unpaired) electrons. The van der Waals surface area contributed by atoms with Gasteiger partial charge in [-0.05, 0) is 25.8 Å². The van der Waals surface area contributed by atoms with E-state index in [9.17, 15) is 0 Å². The van der Waals surface area contributed by atoms with Crippen molar-refractivity contribution in [2.24, 2.45) is 0 Å². The molecule has 2 aliphatic rings. The molecule has 0 saturated carbocycles. The monoisotopic (exact) mass is 278 g/mol. The summed E-state index contributed by atoms with van der Waals surface area (Å²) in [4.78, 5) is 6.99. The predicted octanol–water partition coefficient (Wildman–Crippen LogP) is 1.96. The second kappa shape index (κ2) is 6.59. The lowest BCUT2D eigenvalue weighted by Gasteiger charge is -2.35. The van der Waals surface area contributed by atoms with Gasteiger partial charge in [-0.1, -0.05) is 13.3 Å². The number of anilines is 1. The lowest BCUT2D eigenvalue weighted by Crippen LogP contribution is -2.48. The van der Waals surface area contributed by atoms with Crippen molar-refractivity contribution >= 4 is 5.95 Å². The molecule has 2 aliphatic heterocycles. The second-order valence-corrected chi connectivity index (χ2v) is 5.93. The summed E-state index contributed by atoms with van der Waals surface area (Å²) in [6.45, 7) is 7.32. The zero-order valence-electron chi connectivity index (χ0n) is 12.4. The molecule has 0 aliphatic carbocycles. The molecule has 2 saturated heterocycles. The third kappa shape index (κ3) is 3.15. The second-order valence-electron chi connectivity index (χ2n) is 5.93. The first kappa shape index (κ1) is 13.9. The summed E-state index contributed by atoms with van der Waals surface area (Å²) in [6, 6.07) is 0.679. The van der Waals surface area contributed by atoms with Crippen molar-refractivity contribution in [1.82, 2.24) is 14.5 Å². The average molecular weight is 278 g/mol. The summed E-state index contributed by atoms with van der Waals surface area (Å²) >= 11 is 0. The van der Waals surface area contributed by atoms with Crippen LogP contribution in [-0.2, 0) is 11.3 Å². The first-order valence-corrected chi connectivity index (χ1v) is 7.97. The summed E-state index contributed by atoms with van der Waals surface area (Å²) in [5, 5.41) is 3.45. The van der Waals surface area contributed by atoms with Gasteiger partial charge in [-0.25, -0.2) is 4.98 Å². The molecule has 1 aromatic heterocycles. The van der Waals surface area contributed by atoms with Crippen LogP contribution in [-0.4, -0.2) is 52.8 Å². The molecule has 20 heavy (non-hydrogen) atoms. The largest absolute Gasteiger partial charge is 0.373 e. The van der Waals surface area contributed by atoms with Crippen LogP contribution in [0.4, 0.5) is 5.95 Å². The van der Waals surface area contributed by atoms with Crippen molar-refractivity contribution in [3.05, 3.63) is 12.4 Å². The molecular formula is C15H26N4O. The molecule has 2 fully saturated rings. The van der Waals surface area contributed by atoms with Crippen molar-refractivity contribution in [2.75, 3.05) is 31.6 Å². The molecular weight excluding hydrogens is 252 g/mol. The van der Waals surface area contributed by atoms with Gasteiger partial charge in [0.25, 0.3) is 0 Å². The van der Waals surface area contributed by atoms with Crippen molar-refractivity contribution in [3.63, 3.8) is 0 Å². The van der Waals surface area contributed by atoms with Crippen LogP contribution in [0.2, 0.25) is 0 Å². The molecule has 5 heteroatoms. The quantitative estimate of drug-likeness (QED) is 0.864. The van der Waals surface area contributed by atoms with Crippen molar-refractivity contribution in [1.29, 1.82) is 0 Å². The van der Waals surface area contributed by atoms with Crippen LogP contribution in [0.1, 0.15) is 32.6 Å². The number of fused-ring (bicyclic) bond motifs is 1. The van der Waals surface area contributed by atoms with Crippen LogP contribution in [0.5, 0.6) is 0 Å². The van der Waals surface area contributed by atoms with Gasteiger partial charge in [0.15, 0.2) is 0 Å². The highest BCUT2D eigenvalue weighted by molar-refractivity contribution is 5.26. The van der Waals surface area contributed by atoms with Gasteiger partial charge in [0, 0.05) is 38.1 Å². The zero-order valence-corrected chi connectivity index (χ0v) is 12.4. The normalized spacial score (nSPS) is 26.6. The fraction of sp³-hybridized carbons (Fsp3) is 0.800. The summed E-state index contributed by atoms with van der Waals surface area (Å²) in [6.07, 6.45) is 9.25. The Morgan fingerprint density at radius 1 is 1.50 bits per heavy atom. The lowest BCUT2D eigenvalue weighted by molar-refractivity contribution is -0.0416. The van der Waals surface area contributed by atoms with Crippen molar-refractivity contribution in [3.8, 4) is 0 Å². The number of unbranched alkanes of at least 4 members (excludes halogenated alkanes) is 1. The van der Waals surface area contributed by atoms with E-state index in [1.807, 2.05) is 6.20 Å². The molecule has 1 aromatic rings. The highest BCUT2D eigenvalue weighted by Gasteiger charge is 2.32. The van der Waals surface area contributed by atoms with E-state index in [0.29, 0.717) is 12.1 Å². The van der Waals surface area contributed by atoms with E-state index < -0.39 is 0 Å². The number of ether oxygens (including phenoxy) is 1. The van der Waals surface area contributed by atoms with Crippen molar-refractivity contribution in [2.45, 2.75) is 51.3 Å². The van der Waals surface area contributed by atoms with Gasteiger partial charge in [-0.3, -0.25) is 4.90 Å². The molecule has 2 atom stereocenters. The standard InChI is InChI=1S/C15H26N4O/c1-2-3-7-18-9-6-16-15(18)17-10-14-11-19-8-4-5-13(19)12-20-14/h6,9,13-14H,2-5,7-8,10-12H2,1H3,(H,16,17). The van der Waals surface area contributed by atoms with Crippen LogP contribution < -0.4 is 5.32 Å². The number of aromatic nitrogens is 2. The Morgan fingerprint density at radius 2 is 2.45 bits per heavy atom. The molecule has 3 heterocycles. The van der Waals surface area contributed by atoms with Crippen LogP contribution in [0.3, 0.4) is 0 Å². The maximum Gasteiger partial charge on any atom is 0.202 e. The summed E-state index contributed by atoms with van der Waals surface area (Å²) in [7, 11) is 0. The Kier molecular flexibility index (Phi) is 4.58. The summed E-state index contributed by atoms with van der Waals surface area (Å²) in [5.41, 5.74) is 0. The maximum absolute atomic E-state index is 5.97. The van der Waals surface area contributed by atoms with E-state index >= 15 is 0 Å². The highest BCUT2D eigenvalue weighted by atomic mass is 16.5. The molecule has 0 amide bonds. The van der Waals surface area contributed by atoms with Crippen LogP contribution >= 0.6 is 0 Å². The Hall–Kier alpha value is -1.07. The minimum absolute atomic E-state index is 0.292. The Bertz CT molecular complexity index is 420. The Morgan fingerprint density at radius 3 is 3.35 bits per heavy atom. The fourth-order valence-corrected chi connectivity index (χ4v) is 3.20. The Labute approximate surface area is 121 Å². The first-order chi connectivity index (χ1) is 9.86. The number of nitrogens with one attached hydrogen (secondary N) is 1. The third-order valence-corrected chi connectivity index (χ3v) is 4.42. The van der Waals surface area contributed by atoms with E-state index in [-0.39, 0.29) is 0 Å².